The Labute approximate surface area is 169 Å². The topological polar surface area (TPSA) is 99.0 Å². The Morgan fingerprint density at radius 3 is 1.89 bits per heavy atom. The van der Waals surface area contributed by atoms with Crippen molar-refractivity contribution in [2.75, 3.05) is 13.0 Å². The third kappa shape index (κ3) is 4.39. The molecule has 6 nitrogen and oxygen atoms in total. The molecule has 1 fully saturated rings. The van der Waals surface area contributed by atoms with Gasteiger partial charge < -0.3 is 15.5 Å². The summed E-state index contributed by atoms with van der Waals surface area (Å²) in [6.45, 7) is -4.42. The molecule has 3 N–H and O–H groups in total. The number of hydrogen-bond donors (Lipinski definition) is 3. The molecule has 0 spiro atoms. The average molecular weight is 384 g/mol. The van der Waals surface area contributed by atoms with Crippen LogP contribution in [0.1, 0.15) is 35.9 Å². The van der Waals surface area contributed by atoms with Crippen LogP contribution in [0.3, 0.4) is 0 Å². The van der Waals surface area contributed by atoms with Gasteiger partial charge in [0.05, 0.1) is 24.8 Å². The fourth-order valence-corrected chi connectivity index (χ4v) is 3.46. The van der Waals surface area contributed by atoms with Gasteiger partial charge in [-0.2, -0.15) is 0 Å². The highest BCUT2D eigenvalue weighted by Crippen LogP contribution is 2.59. The Morgan fingerprint density at radius 1 is 1.00 bits per heavy atom. The second-order valence-electron chi connectivity index (χ2n) is 6.61. The van der Waals surface area contributed by atoms with E-state index in [-0.39, 0.29) is 24.2 Å². The summed E-state index contributed by atoms with van der Waals surface area (Å²) in [5.41, 5.74) is 2.03. The molecule has 0 saturated heterocycles. The number of carboxylic acid groups (broad SMARTS) is 2. The van der Waals surface area contributed by atoms with E-state index in [1.165, 1.54) is 0 Å². The van der Waals surface area contributed by atoms with E-state index in [0.29, 0.717) is 5.84 Å². The van der Waals surface area contributed by atoms with Gasteiger partial charge in [0.2, 0.25) is 0 Å². The molecular weight excluding hydrogens is 356 g/mol. The minimum Gasteiger partial charge on any atom is -0.481 e. The van der Waals surface area contributed by atoms with Gasteiger partial charge in [-0.3, -0.25) is 14.6 Å². The van der Waals surface area contributed by atoms with E-state index in [2.05, 4.69) is 34.6 Å². The minimum atomic E-state index is -2.25. The molecule has 1 saturated carbocycles. The summed E-state index contributed by atoms with van der Waals surface area (Å²) in [4.78, 5) is 23.3. The van der Waals surface area contributed by atoms with Crippen LogP contribution in [0, 0.1) is 5.92 Å². The SMILES string of the molecule is O=C(O)CCC(=O)O.[2H]C1([2H])N=C(C2CC2(c2ccccc2)c2ccccc2)NC1([2H])[2H]. The van der Waals surface area contributed by atoms with Crippen molar-refractivity contribution in [1.29, 1.82) is 0 Å². The van der Waals surface area contributed by atoms with Crippen LogP contribution in [-0.4, -0.2) is 41.0 Å². The van der Waals surface area contributed by atoms with E-state index < -0.39 is 24.9 Å². The standard InChI is InChI=1S/C18H18N2.C4H6O4/c1-3-7-14(8-4-1)18(15-9-5-2-6-10-15)13-16(18)17-19-11-12-20-17;5-3(6)1-2-4(7)8/h1-10,16H,11-13H2,(H,19,20);1-2H2,(H,5,6)(H,7,8)/i11D2,12D2;. The van der Waals surface area contributed by atoms with Gasteiger partial charge in [0.1, 0.15) is 5.84 Å². The summed E-state index contributed by atoms with van der Waals surface area (Å²) in [7, 11) is 0. The van der Waals surface area contributed by atoms with Crippen molar-refractivity contribution in [2.45, 2.75) is 24.7 Å². The fourth-order valence-electron chi connectivity index (χ4n) is 3.46. The van der Waals surface area contributed by atoms with Crippen molar-refractivity contribution in [3.05, 3.63) is 71.8 Å². The van der Waals surface area contributed by atoms with Crippen molar-refractivity contribution in [3.8, 4) is 0 Å². The molecule has 0 radical (unpaired) electrons. The Morgan fingerprint density at radius 2 is 1.50 bits per heavy atom. The highest BCUT2D eigenvalue weighted by Gasteiger charge is 2.59. The lowest BCUT2D eigenvalue weighted by atomic mass is 9.85. The Kier molecular flexibility index (Phi) is 4.61. The quantitative estimate of drug-likeness (QED) is 0.711. The van der Waals surface area contributed by atoms with Gasteiger partial charge >= 0.3 is 11.9 Å². The van der Waals surface area contributed by atoms with Gasteiger partial charge in [0.15, 0.2) is 0 Å². The van der Waals surface area contributed by atoms with Crippen LogP contribution in [-0.2, 0) is 15.0 Å². The number of rotatable bonds is 6. The maximum absolute atomic E-state index is 9.64. The normalized spacial score (nSPS) is 24.6. The molecule has 2 aliphatic rings. The molecule has 1 unspecified atom stereocenters. The van der Waals surface area contributed by atoms with E-state index in [0.717, 1.165) is 17.5 Å². The van der Waals surface area contributed by atoms with Crippen molar-refractivity contribution in [2.24, 2.45) is 10.9 Å². The van der Waals surface area contributed by atoms with Crippen molar-refractivity contribution in [1.82, 2.24) is 5.32 Å². The molecule has 1 aliphatic heterocycles. The highest BCUT2D eigenvalue weighted by molar-refractivity contribution is 5.91. The van der Waals surface area contributed by atoms with E-state index in [4.69, 9.17) is 15.7 Å². The van der Waals surface area contributed by atoms with Crippen LogP contribution >= 0.6 is 0 Å². The first-order valence-corrected chi connectivity index (χ1v) is 8.92. The van der Waals surface area contributed by atoms with E-state index in [1.807, 2.05) is 36.4 Å². The average Bonchev–Trinajstić information content (AvgIpc) is 3.45. The molecule has 2 aromatic rings. The monoisotopic (exact) mass is 384 g/mol. The van der Waals surface area contributed by atoms with Crippen LogP contribution in [0.25, 0.3) is 0 Å². The van der Waals surface area contributed by atoms with E-state index in [1.54, 1.807) is 0 Å². The lowest BCUT2D eigenvalue weighted by Gasteiger charge is -2.19. The molecule has 146 valence electrons. The summed E-state index contributed by atoms with van der Waals surface area (Å²) in [6.07, 6.45) is 0.198. The van der Waals surface area contributed by atoms with Gasteiger partial charge in [-0.15, -0.1) is 0 Å². The summed E-state index contributed by atoms with van der Waals surface area (Å²) in [6, 6.07) is 20.2. The lowest BCUT2D eigenvalue weighted by Crippen LogP contribution is -2.25. The van der Waals surface area contributed by atoms with E-state index in [9.17, 15) is 9.59 Å². The molecule has 1 aliphatic carbocycles. The minimum absolute atomic E-state index is 0.0463. The number of benzene rings is 2. The van der Waals surface area contributed by atoms with Crippen LogP contribution < -0.4 is 5.32 Å². The summed E-state index contributed by atoms with van der Waals surface area (Å²) in [5.74, 6) is -1.77. The molecule has 4 rings (SSSR count). The highest BCUT2D eigenvalue weighted by atomic mass is 16.4. The molecular formula is C22H24N2O4. The molecule has 0 bridgehead atoms. The fraction of sp³-hybridized carbons (Fsp3) is 0.318. The van der Waals surface area contributed by atoms with Crippen molar-refractivity contribution in [3.63, 3.8) is 0 Å². The number of amidine groups is 1. The third-order valence-corrected chi connectivity index (χ3v) is 4.84. The molecule has 6 heteroatoms. The number of hydrogen-bond acceptors (Lipinski definition) is 4. The summed E-state index contributed by atoms with van der Waals surface area (Å²) < 4.78 is 31.3. The zero-order valence-corrected chi connectivity index (χ0v) is 15.1. The molecule has 2 aromatic carbocycles. The molecule has 0 amide bonds. The zero-order valence-electron chi connectivity index (χ0n) is 19.1. The number of aliphatic imine (C=N–C) groups is 1. The van der Waals surface area contributed by atoms with Gasteiger partial charge in [0.25, 0.3) is 0 Å². The Bertz CT molecular complexity index is 960. The Hall–Kier alpha value is -3.15. The van der Waals surface area contributed by atoms with Crippen LogP contribution in [0.15, 0.2) is 65.7 Å². The van der Waals surface area contributed by atoms with Gasteiger partial charge in [-0.05, 0) is 17.5 Å². The summed E-state index contributed by atoms with van der Waals surface area (Å²) >= 11 is 0. The second kappa shape index (κ2) is 8.69. The largest absolute Gasteiger partial charge is 0.481 e. The number of carboxylic acids is 2. The van der Waals surface area contributed by atoms with Crippen molar-refractivity contribution >= 4 is 17.8 Å². The smallest absolute Gasteiger partial charge is 0.303 e. The molecule has 1 atom stereocenters. The Balaban J connectivity index is 0.000000312. The lowest BCUT2D eigenvalue weighted by molar-refractivity contribution is -0.143. The molecule has 28 heavy (non-hydrogen) atoms. The predicted octanol–water partition coefficient (Wildman–Crippen LogP) is 2.93. The first-order valence-electron chi connectivity index (χ1n) is 10.9. The first-order chi connectivity index (χ1) is 15.0. The maximum Gasteiger partial charge on any atom is 0.303 e. The number of aliphatic carboxylic acids is 2. The van der Waals surface area contributed by atoms with Crippen LogP contribution in [0.5, 0.6) is 0 Å². The van der Waals surface area contributed by atoms with Gasteiger partial charge in [-0.25, -0.2) is 0 Å². The maximum atomic E-state index is 9.64. The number of nitrogens with one attached hydrogen (secondary N) is 1. The van der Waals surface area contributed by atoms with Crippen LogP contribution in [0.2, 0.25) is 0 Å². The molecule has 0 aromatic heterocycles. The van der Waals surface area contributed by atoms with Crippen molar-refractivity contribution < 1.29 is 25.3 Å². The second-order valence-corrected chi connectivity index (χ2v) is 6.61. The van der Waals surface area contributed by atoms with E-state index >= 15 is 0 Å². The van der Waals surface area contributed by atoms with Crippen LogP contribution in [0.4, 0.5) is 0 Å². The number of nitrogens with zero attached hydrogens (tertiary/aromatic N) is 1. The first kappa shape index (κ1) is 14.9. The molecule has 1 heterocycles. The third-order valence-electron chi connectivity index (χ3n) is 4.84. The van der Waals surface area contributed by atoms with Gasteiger partial charge in [-0.1, -0.05) is 60.7 Å². The predicted molar refractivity (Wildman–Crippen MR) is 107 cm³/mol. The number of carbonyl (C=O) groups is 2. The van der Waals surface area contributed by atoms with Gasteiger partial charge in [0, 0.05) is 17.8 Å². The summed E-state index contributed by atoms with van der Waals surface area (Å²) in [5, 5.41) is 18.5. The zero-order chi connectivity index (χ0) is 23.6.